The summed E-state index contributed by atoms with van der Waals surface area (Å²) < 4.78 is 18.4. The lowest BCUT2D eigenvalue weighted by molar-refractivity contribution is 0.0759. The minimum atomic E-state index is -0.199. The van der Waals surface area contributed by atoms with Gasteiger partial charge >= 0.3 is 0 Å². The highest BCUT2D eigenvalue weighted by atomic mass is 19.1. The molecule has 0 amide bonds. The molecule has 0 aliphatic heterocycles. The van der Waals surface area contributed by atoms with Crippen LogP contribution in [0.3, 0.4) is 0 Å². The fourth-order valence-corrected chi connectivity index (χ4v) is 2.10. The minimum absolute atomic E-state index is 0.0412. The van der Waals surface area contributed by atoms with Crippen LogP contribution in [-0.4, -0.2) is 19.3 Å². The van der Waals surface area contributed by atoms with Gasteiger partial charge in [-0.3, -0.25) is 0 Å². The van der Waals surface area contributed by atoms with E-state index in [2.05, 4.69) is 33.0 Å². The number of benzene rings is 1. The highest BCUT2D eigenvalue weighted by molar-refractivity contribution is 5.22. The third kappa shape index (κ3) is 4.59. The van der Waals surface area contributed by atoms with Gasteiger partial charge in [0.15, 0.2) is 0 Å². The first kappa shape index (κ1) is 16.1. The molecule has 2 nitrogen and oxygen atoms in total. The Hall–Kier alpha value is -0.930. The lowest BCUT2D eigenvalue weighted by Gasteiger charge is -2.36. The van der Waals surface area contributed by atoms with E-state index in [1.165, 1.54) is 12.1 Å². The van der Waals surface area contributed by atoms with E-state index in [4.69, 9.17) is 4.74 Å². The first-order valence-electron chi connectivity index (χ1n) is 6.80. The topological polar surface area (TPSA) is 21.3 Å². The van der Waals surface area contributed by atoms with Gasteiger partial charge in [-0.05, 0) is 37.0 Å². The molecule has 0 radical (unpaired) electrons. The van der Waals surface area contributed by atoms with E-state index < -0.39 is 0 Å². The quantitative estimate of drug-likeness (QED) is 0.873. The number of methoxy groups -OCH3 is 1. The average molecular weight is 267 g/mol. The third-order valence-corrected chi connectivity index (χ3v) is 3.57. The number of hydrogen-bond donors (Lipinski definition) is 1. The van der Waals surface area contributed by atoms with Crippen LogP contribution in [0, 0.1) is 11.2 Å². The molecule has 108 valence electrons. The second-order valence-corrected chi connectivity index (χ2v) is 6.25. The molecular formula is C16H26FNO. The standard InChI is InChI=1S/C16H26FNO/c1-11(12(2)19-6)18-15(16(3,4)5)13-7-9-14(17)10-8-13/h7-12,15,18H,1-6H3. The first-order chi connectivity index (χ1) is 8.75. The van der Waals surface area contributed by atoms with Crippen molar-refractivity contribution in [2.75, 3.05) is 7.11 Å². The van der Waals surface area contributed by atoms with Gasteiger partial charge in [0.1, 0.15) is 5.82 Å². The van der Waals surface area contributed by atoms with Gasteiger partial charge in [-0.25, -0.2) is 4.39 Å². The normalized spacial score (nSPS) is 17.0. The Balaban J connectivity index is 2.93. The maximum Gasteiger partial charge on any atom is 0.123 e. The average Bonchev–Trinajstić information content (AvgIpc) is 2.34. The number of hydrogen-bond acceptors (Lipinski definition) is 2. The Morgan fingerprint density at radius 2 is 1.63 bits per heavy atom. The van der Waals surface area contributed by atoms with E-state index in [1.54, 1.807) is 7.11 Å². The largest absolute Gasteiger partial charge is 0.380 e. The van der Waals surface area contributed by atoms with E-state index in [1.807, 2.05) is 19.1 Å². The van der Waals surface area contributed by atoms with Crippen molar-refractivity contribution >= 4 is 0 Å². The lowest BCUT2D eigenvalue weighted by atomic mass is 9.81. The zero-order chi connectivity index (χ0) is 14.6. The van der Waals surface area contributed by atoms with Crippen molar-refractivity contribution < 1.29 is 9.13 Å². The van der Waals surface area contributed by atoms with E-state index in [0.29, 0.717) is 0 Å². The molecule has 3 atom stereocenters. The summed E-state index contributed by atoms with van der Waals surface area (Å²) in [6.07, 6.45) is 0.130. The SMILES string of the molecule is COC(C)C(C)NC(c1ccc(F)cc1)C(C)(C)C. The predicted molar refractivity (Wildman–Crippen MR) is 77.7 cm³/mol. The van der Waals surface area contributed by atoms with Crippen LogP contribution >= 0.6 is 0 Å². The van der Waals surface area contributed by atoms with Crippen LogP contribution < -0.4 is 5.32 Å². The van der Waals surface area contributed by atoms with Crippen molar-refractivity contribution in [1.29, 1.82) is 0 Å². The van der Waals surface area contributed by atoms with Crippen LogP contribution in [-0.2, 0) is 4.74 Å². The smallest absolute Gasteiger partial charge is 0.123 e. The van der Waals surface area contributed by atoms with Crippen LogP contribution in [0.2, 0.25) is 0 Å². The zero-order valence-corrected chi connectivity index (χ0v) is 12.8. The molecule has 0 fully saturated rings. The van der Waals surface area contributed by atoms with E-state index >= 15 is 0 Å². The van der Waals surface area contributed by atoms with Gasteiger partial charge in [-0.1, -0.05) is 32.9 Å². The summed E-state index contributed by atoms with van der Waals surface area (Å²) in [6, 6.07) is 7.10. The Kier molecular flexibility index (Phi) is 5.50. The van der Waals surface area contributed by atoms with Crippen molar-refractivity contribution in [3.05, 3.63) is 35.6 Å². The number of halogens is 1. The fraction of sp³-hybridized carbons (Fsp3) is 0.625. The number of nitrogens with one attached hydrogen (secondary N) is 1. The molecule has 0 bridgehead atoms. The summed E-state index contributed by atoms with van der Waals surface area (Å²) in [5.74, 6) is -0.199. The molecular weight excluding hydrogens is 241 g/mol. The monoisotopic (exact) mass is 267 g/mol. The molecule has 1 N–H and O–H groups in total. The highest BCUT2D eigenvalue weighted by Gasteiger charge is 2.28. The van der Waals surface area contributed by atoms with Crippen LogP contribution in [0.5, 0.6) is 0 Å². The van der Waals surface area contributed by atoms with E-state index in [-0.39, 0.29) is 29.4 Å². The Bertz CT molecular complexity index is 383. The molecule has 0 spiro atoms. The van der Waals surface area contributed by atoms with Gasteiger partial charge in [-0.15, -0.1) is 0 Å². The van der Waals surface area contributed by atoms with E-state index in [0.717, 1.165) is 5.56 Å². The van der Waals surface area contributed by atoms with Crippen LogP contribution in [0.4, 0.5) is 4.39 Å². The van der Waals surface area contributed by atoms with Crippen molar-refractivity contribution in [1.82, 2.24) is 5.32 Å². The maximum atomic E-state index is 13.1. The minimum Gasteiger partial charge on any atom is -0.380 e. The predicted octanol–water partition coefficient (Wildman–Crippen LogP) is 3.93. The van der Waals surface area contributed by atoms with Gasteiger partial charge in [0, 0.05) is 19.2 Å². The Labute approximate surface area is 116 Å². The lowest BCUT2D eigenvalue weighted by Crippen LogP contribution is -2.43. The Morgan fingerprint density at radius 1 is 1.11 bits per heavy atom. The van der Waals surface area contributed by atoms with Crippen LogP contribution in [0.1, 0.15) is 46.2 Å². The van der Waals surface area contributed by atoms with Crippen LogP contribution in [0.25, 0.3) is 0 Å². The summed E-state index contributed by atoms with van der Waals surface area (Å²) in [5, 5.41) is 3.60. The molecule has 0 aliphatic carbocycles. The van der Waals surface area contributed by atoms with Gasteiger partial charge in [0.25, 0.3) is 0 Å². The summed E-state index contributed by atoms with van der Waals surface area (Å²) in [5.41, 5.74) is 1.14. The molecule has 1 aromatic carbocycles. The second-order valence-electron chi connectivity index (χ2n) is 6.25. The van der Waals surface area contributed by atoms with E-state index in [9.17, 15) is 4.39 Å². The molecule has 3 unspecified atom stereocenters. The molecule has 3 heteroatoms. The third-order valence-electron chi connectivity index (χ3n) is 3.57. The van der Waals surface area contributed by atoms with Crippen molar-refractivity contribution in [3.8, 4) is 0 Å². The molecule has 1 rings (SSSR count). The Morgan fingerprint density at radius 3 is 2.05 bits per heavy atom. The fourth-order valence-electron chi connectivity index (χ4n) is 2.10. The highest BCUT2D eigenvalue weighted by Crippen LogP contribution is 2.33. The molecule has 0 heterocycles. The van der Waals surface area contributed by atoms with Gasteiger partial charge < -0.3 is 10.1 Å². The zero-order valence-electron chi connectivity index (χ0n) is 12.8. The van der Waals surface area contributed by atoms with Gasteiger partial charge in [-0.2, -0.15) is 0 Å². The molecule has 0 saturated carbocycles. The maximum absolute atomic E-state index is 13.1. The molecule has 19 heavy (non-hydrogen) atoms. The first-order valence-corrected chi connectivity index (χ1v) is 6.80. The summed E-state index contributed by atoms with van der Waals surface area (Å²) >= 11 is 0. The molecule has 1 aromatic rings. The second kappa shape index (κ2) is 6.49. The van der Waals surface area contributed by atoms with Gasteiger partial charge in [0.2, 0.25) is 0 Å². The van der Waals surface area contributed by atoms with Crippen molar-refractivity contribution in [2.24, 2.45) is 5.41 Å². The van der Waals surface area contributed by atoms with Crippen molar-refractivity contribution in [2.45, 2.75) is 52.8 Å². The summed E-state index contributed by atoms with van der Waals surface area (Å²) in [4.78, 5) is 0. The van der Waals surface area contributed by atoms with Gasteiger partial charge in [0.05, 0.1) is 6.10 Å². The summed E-state index contributed by atoms with van der Waals surface area (Å²) in [7, 11) is 1.72. The molecule has 0 aliphatic rings. The molecule has 0 saturated heterocycles. The van der Waals surface area contributed by atoms with Crippen LogP contribution in [0.15, 0.2) is 24.3 Å². The summed E-state index contributed by atoms with van der Waals surface area (Å²) in [6.45, 7) is 10.7. The molecule has 0 aromatic heterocycles. The van der Waals surface area contributed by atoms with Crippen molar-refractivity contribution in [3.63, 3.8) is 0 Å². The number of rotatable bonds is 5. The number of ether oxygens (including phenoxy) is 1.